The molecule has 0 aliphatic carbocycles. The predicted molar refractivity (Wildman–Crippen MR) is 69.4 cm³/mol. The Morgan fingerprint density at radius 3 is 3.06 bits per heavy atom. The maximum absolute atomic E-state index is 8.88. The monoisotopic (exact) mass is 252 g/mol. The summed E-state index contributed by atoms with van der Waals surface area (Å²) >= 11 is 1.58. The minimum absolute atomic E-state index is 0.624. The minimum atomic E-state index is 0.624. The third-order valence-electron chi connectivity index (χ3n) is 2.50. The Hall–Kier alpha value is -2.45. The van der Waals surface area contributed by atoms with Crippen molar-refractivity contribution in [3.63, 3.8) is 0 Å². The molecule has 2 heterocycles. The van der Waals surface area contributed by atoms with E-state index in [9.17, 15) is 0 Å². The van der Waals surface area contributed by atoms with Crippen LogP contribution in [-0.2, 0) is 0 Å². The van der Waals surface area contributed by atoms with Gasteiger partial charge in [0.2, 0.25) is 0 Å². The van der Waals surface area contributed by atoms with Crippen molar-refractivity contribution in [2.45, 2.75) is 0 Å². The molecule has 0 saturated heterocycles. The van der Waals surface area contributed by atoms with Crippen LogP contribution in [0.2, 0.25) is 0 Å². The summed E-state index contributed by atoms with van der Waals surface area (Å²) < 4.78 is 1.75. The van der Waals surface area contributed by atoms with Gasteiger partial charge in [0.25, 0.3) is 0 Å². The lowest BCUT2D eigenvalue weighted by atomic mass is 10.2. The Morgan fingerprint density at radius 1 is 1.33 bits per heavy atom. The second-order valence-corrected chi connectivity index (χ2v) is 4.57. The second kappa shape index (κ2) is 4.43. The lowest BCUT2D eigenvalue weighted by Crippen LogP contribution is -1.94. The molecule has 0 unspecified atom stereocenters. The summed E-state index contributed by atoms with van der Waals surface area (Å²) in [6.45, 7) is 0. The first kappa shape index (κ1) is 10.7. The first-order valence-electron chi connectivity index (χ1n) is 5.32. The van der Waals surface area contributed by atoms with Crippen LogP contribution in [0.3, 0.4) is 0 Å². The predicted octanol–water partition coefficient (Wildman–Crippen LogP) is 2.87. The van der Waals surface area contributed by atoms with Crippen LogP contribution in [0.25, 0.3) is 16.3 Å². The molecule has 0 N–H and O–H groups in total. The summed E-state index contributed by atoms with van der Waals surface area (Å²) in [5.74, 6) is 0. The molecular formula is C13H8N4S. The maximum Gasteiger partial charge on any atom is 0.126 e. The number of aromatic nitrogens is 3. The molecule has 0 aliphatic rings. The molecule has 0 radical (unpaired) electrons. The number of nitrogens with zero attached hydrogens (tertiary/aromatic N) is 4. The van der Waals surface area contributed by atoms with Gasteiger partial charge in [-0.2, -0.15) is 10.4 Å². The Kier molecular flexibility index (Phi) is 2.63. The molecule has 18 heavy (non-hydrogen) atoms. The van der Waals surface area contributed by atoms with E-state index in [1.807, 2.05) is 23.7 Å². The van der Waals surface area contributed by atoms with Crippen molar-refractivity contribution in [1.29, 1.82) is 5.26 Å². The van der Waals surface area contributed by atoms with E-state index in [1.54, 1.807) is 40.5 Å². The largest absolute Gasteiger partial charge is 0.244 e. The molecule has 0 amide bonds. The van der Waals surface area contributed by atoms with E-state index in [4.69, 9.17) is 5.26 Å². The Balaban J connectivity index is 2.01. The second-order valence-electron chi connectivity index (χ2n) is 3.67. The molecule has 3 rings (SSSR count). The van der Waals surface area contributed by atoms with E-state index >= 15 is 0 Å². The van der Waals surface area contributed by atoms with Crippen molar-refractivity contribution in [3.8, 4) is 22.3 Å². The van der Waals surface area contributed by atoms with Crippen LogP contribution in [0.1, 0.15) is 5.56 Å². The van der Waals surface area contributed by atoms with Gasteiger partial charge in [-0.1, -0.05) is 6.07 Å². The number of nitriles is 1. The summed E-state index contributed by atoms with van der Waals surface area (Å²) in [5.41, 5.74) is 2.48. The zero-order valence-electron chi connectivity index (χ0n) is 9.32. The van der Waals surface area contributed by atoms with E-state index in [-0.39, 0.29) is 0 Å². The zero-order chi connectivity index (χ0) is 12.4. The summed E-state index contributed by atoms with van der Waals surface area (Å²) in [5, 5.41) is 16.0. The maximum atomic E-state index is 8.88. The van der Waals surface area contributed by atoms with Gasteiger partial charge in [0.1, 0.15) is 5.01 Å². The summed E-state index contributed by atoms with van der Waals surface area (Å²) in [6.07, 6.45) is 5.46. The molecule has 0 bridgehead atoms. The van der Waals surface area contributed by atoms with Gasteiger partial charge < -0.3 is 0 Å². The molecule has 1 aromatic carbocycles. The van der Waals surface area contributed by atoms with Crippen LogP contribution < -0.4 is 0 Å². The van der Waals surface area contributed by atoms with Crippen LogP contribution >= 0.6 is 11.3 Å². The van der Waals surface area contributed by atoms with Crippen LogP contribution in [0.15, 0.2) is 48.2 Å². The molecule has 0 aliphatic heterocycles. The number of thiazole rings is 1. The van der Waals surface area contributed by atoms with Crippen molar-refractivity contribution >= 4 is 11.3 Å². The van der Waals surface area contributed by atoms with Gasteiger partial charge in [0.15, 0.2) is 0 Å². The third-order valence-corrected chi connectivity index (χ3v) is 3.32. The minimum Gasteiger partial charge on any atom is -0.244 e. The van der Waals surface area contributed by atoms with Crippen molar-refractivity contribution in [3.05, 3.63) is 53.8 Å². The van der Waals surface area contributed by atoms with Gasteiger partial charge in [0.05, 0.1) is 23.5 Å². The number of hydrogen-bond acceptors (Lipinski definition) is 4. The standard InChI is InChI=1S/C13H8N4S/c14-7-10-2-1-3-12(6-10)17-9-11(8-16-17)13-15-4-5-18-13/h1-6,8-9H. The highest BCUT2D eigenvalue weighted by Gasteiger charge is 2.05. The van der Waals surface area contributed by atoms with Crippen LogP contribution in [-0.4, -0.2) is 14.8 Å². The molecule has 2 aromatic heterocycles. The zero-order valence-corrected chi connectivity index (χ0v) is 10.1. The highest BCUT2D eigenvalue weighted by Crippen LogP contribution is 2.22. The fourth-order valence-corrected chi connectivity index (χ4v) is 2.27. The van der Waals surface area contributed by atoms with Gasteiger partial charge in [-0.25, -0.2) is 9.67 Å². The first-order valence-corrected chi connectivity index (χ1v) is 6.20. The van der Waals surface area contributed by atoms with Crippen molar-refractivity contribution < 1.29 is 0 Å². The lowest BCUT2D eigenvalue weighted by molar-refractivity contribution is 0.880. The normalized spacial score (nSPS) is 10.2. The van der Waals surface area contributed by atoms with Gasteiger partial charge in [-0.15, -0.1) is 11.3 Å². The van der Waals surface area contributed by atoms with Crippen molar-refractivity contribution in [1.82, 2.24) is 14.8 Å². The van der Waals surface area contributed by atoms with Gasteiger partial charge in [-0.05, 0) is 18.2 Å². The Labute approximate surface area is 108 Å². The van der Waals surface area contributed by atoms with E-state index < -0.39 is 0 Å². The quantitative estimate of drug-likeness (QED) is 0.704. The molecule has 3 aromatic rings. The van der Waals surface area contributed by atoms with Gasteiger partial charge in [0, 0.05) is 23.3 Å². The number of hydrogen-bond donors (Lipinski definition) is 0. The van der Waals surface area contributed by atoms with E-state index in [2.05, 4.69) is 16.2 Å². The van der Waals surface area contributed by atoms with E-state index in [1.165, 1.54) is 0 Å². The van der Waals surface area contributed by atoms with Gasteiger partial charge in [-0.3, -0.25) is 0 Å². The summed E-state index contributed by atoms with van der Waals surface area (Å²) in [4.78, 5) is 4.24. The van der Waals surface area contributed by atoms with Crippen LogP contribution in [0.5, 0.6) is 0 Å². The molecule has 4 nitrogen and oxygen atoms in total. The molecule has 0 spiro atoms. The average Bonchev–Trinajstić information content (AvgIpc) is 3.09. The fraction of sp³-hybridized carbons (Fsp3) is 0. The van der Waals surface area contributed by atoms with Crippen molar-refractivity contribution in [2.75, 3.05) is 0 Å². The SMILES string of the molecule is N#Cc1cccc(-n2cc(-c3nccs3)cn2)c1. The molecule has 0 saturated carbocycles. The van der Waals surface area contributed by atoms with Crippen molar-refractivity contribution in [2.24, 2.45) is 0 Å². The Bertz CT molecular complexity index is 707. The summed E-state index contributed by atoms with van der Waals surface area (Å²) in [7, 11) is 0. The van der Waals surface area contributed by atoms with Gasteiger partial charge >= 0.3 is 0 Å². The molecule has 86 valence electrons. The van der Waals surface area contributed by atoms with Crippen LogP contribution in [0.4, 0.5) is 0 Å². The smallest absolute Gasteiger partial charge is 0.126 e. The lowest BCUT2D eigenvalue weighted by Gasteiger charge is -2.00. The fourth-order valence-electron chi connectivity index (χ4n) is 1.66. The summed E-state index contributed by atoms with van der Waals surface area (Å²) in [6, 6.07) is 9.46. The molecule has 5 heteroatoms. The number of benzene rings is 1. The first-order chi connectivity index (χ1) is 8.86. The van der Waals surface area contributed by atoms with E-state index in [0.29, 0.717) is 5.56 Å². The molecule has 0 atom stereocenters. The molecule has 0 fully saturated rings. The highest BCUT2D eigenvalue weighted by atomic mass is 32.1. The topological polar surface area (TPSA) is 54.5 Å². The highest BCUT2D eigenvalue weighted by molar-refractivity contribution is 7.13. The van der Waals surface area contributed by atoms with E-state index in [0.717, 1.165) is 16.3 Å². The third kappa shape index (κ3) is 1.90. The number of rotatable bonds is 2. The Morgan fingerprint density at radius 2 is 2.28 bits per heavy atom. The molecular weight excluding hydrogens is 244 g/mol. The van der Waals surface area contributed by atoms with Crippen LogP contribution in [0, 0.1) is 11.3 Å². The average molecular weight is 252 g/mol.